The van der Waals surface area contributed by atoms with E-state index in [1.54, 1.807) is 4.90 Å². The maximum absolute atomic E-state index is 12.0. The van der Waals surface area contributed by atoms with Crippen molar-refractivity contribution < 1.29 is 4.79 Å². The van der Waals surface area contributed by atoms with E-state index in [0.29, 0.717) is 11.6 Å². The van der Waals surface area contributed by atoms with E-state index in [2.05, 4.69) is 0 Å². The molecular formula is C13H15ClN2O. The summed E-state index contributed by atoms with van der Waals surface area (Å²) >= 11 is 6.05. The van der Waals surface area contributed by atoms with E-state index in [9.17, 15) is 4.79 Å². The van der Waals surface area contributed by atoms with Gasteiger partial charge in [-0.2, -0.15) is 0 Å². The van der Waals surface area contributed by atoms with Crippen LogP contribution < -0.4 is 4.90 Å². The molecule has 0 atom stereocenters. The molecule has 0 radical (unpaired) electrons. The maximum atomic E-state index is 12.0. The zero-order valence-corrected chi connectivity index (χ0v) is 11.0. The van der Waals surface area contributed by atoms with Crippen molar-refractivity contribution in [1.82, 2.24) is 4.90 Å². The smallest absolute Gasteiger partial charge is 0.271 e. The predicted molar refractivity (Wildman–Crippen MR) is 70.1 cm³/mol. The van der Waals surface area contributed by atoms with Crippen LogP contribution in [0.1, 0.15) is 5.56 Å². The zero-order valence-electron chi connectivity index (χ0n) is 10.2. The quantitative estimate of drug-likeness (QED) is 0.805. The van der Waals surface area contributed by atoms with E-state index >= 15 is 0 Å². The number of likely N-dealkylation sites (N-methyl/N-ethyl adjacent to an activating group) is 1. The number of hydrogen-bond acceptors (Lipinski definition) is 2. The van der Waals surface area contributed by atoms with Gasteiger partial charge in [0, 0.05) is 19.8 Å². The first-order valence-corrected chi connectivity index (χ1v) is 5.83. The van der Waals surface area contributed by atoms with E-state index in [-0.39, 0.29) is 5.91 Å². The van der Waals surface area contributed by atoms with E-state index in [1.165, 1.54) is 0 Å². The molecule has 1 heterocycles. The molecule has 90 valence electrons. The topological polar surface area (TPSA) is 23.6 Å². The highest BCUT2D eigenvalue weighted by Crippen LogP contribution is 2.28. The molecule has 0 aliphatic carbocycles. The molecule has 17 heavy (non-hydrogen) atoms. The second-order valence-electron chi connectivity index (χ2n) is 4.39. The molecule has 3 nitrogen and oxygen atoms in total. The van der Waals surface area contributed by atoms with Gasteiger partial charge in [0.25, 0.3) is 5.91 Å². The fourth-order valence-corrected chi connectivity index (χ4v) is 2.21. The number of benzene rings is 1. The van der Waals surface area contributed by atoms with Crippen molar-refractivity contribution >= 4 is 23.2 Å². The minimum absolute atomic E-state index is 0.124. The molecule has 1 aromatic carbocycles. The number of anilines is 1. The highest BCUT2D eigenvalue weighted by Gasteiger charge is 2.31. The fraction of sp³-hybridized carbons (Fsp3) is 0.308. The van der Waals surface area contributed by atoms with Gasteiger partial charge in [-0.05, 0) is 24.6 Å². The third kappa shape index (κ3) is 2.15. The number of rotatable bonds is 2. The molecule has 0 aromatic heterocycles. The van der Waals surface area contributed by atoms with Gasteiger partial charge in [-0.3, -0.25) is 4.79 Å². The molecule has 0 fully saturated rings. The van der Waals surface area contributed by atoms with Gasteiger partial charge in [-0.1, -0.05) is 23.7 Å². The minimum Gasteiger partial charge on any atom is -0.378 e. The highest BCUT2D eigenvalue weighted by atomic mass is 35.5. The molecule has 1 amide bonds. The van der Waals surface area contributed by atoms with Crippen LogP contribution in [0, 0.1) is 6.92 Å². The summed E-state index contributed by atoms with van der Waals surface area (Å²) in [6.07, 6.45) is 0. The van der Waals surface area contributed by atoms with Gasteiger partial charge >= 0.3 is 0 Å². The first-order valence-electron chi connectivity index (χ1n) is 5.45. The lowest BCUT2D eigenvalue weighted by atomic mass is 10.2. The van der Waals surface area contributed by atoms with Gasteiger partial charge in [-0.15, -0.1) is 0 Å². The second kappa shape index (κ2) is 4.41. The summed E-state index contributed by atoms with van der Waals surface area (Å²) in [5.41, 5.74) is 2.88. The normalized spacial score (nSPS) is 15.8. The van der Waals surface area contributed by atoms with E-state index in [1.807, 2.05) is 50.2 Å². The Morgan fingerprint density at radius 1 is 1.35 bits per heavy atom. The molecule has 0 saturated carbocycles. The summed E-state index contributed by atoms with van der Waals surface area (Å²) in [6, 6.07) is 7.86. The summed E-state index contributed by atoms with van der Waals surface area (Å²) in [6.45, 7) is 2.54. The van der Waals surface area contributed by atoms with Gasteiger partial charge in [0.1, 0.15) is 5.03 Å². The standard InChI is InChI=1S/C13H15ClN2O/c1-9-5-4-6-10(7-9)16-8-11(15(2)3)12(14)13(16)17/h4-7H,8H2,1-3H3. The largest absolute Gasteiger partial charge is 0.378 e. The van der Waals surface area contributed by atoms with Crippen molar-refractivity contribution in [3.8, 4) is 0 Å². The molecular weight excluding hydrogens is 236 g/mol. The number of hydrogen-bond donors (Lipinski definition) is 0. The van der Waals surface area contributed by atoms with Crippen LogP contribution in [0.2, 0.25) is 0 Å². The molecule has 0 bridgehead atoms. The number of nitrogens with zero attached hydrogens (tertiary/aromatic N) is 2. The third-order valence-electron chi connectivity index (χ3n) is 2.85. The molecule has 0 N–H and O–H groups in total. The van der Waals surface area contributed by atoms with Crippen LogP contribution in [-0.4, -0.2) is 31.4 Å². The number of halogens is 1. The van der Waals surface area contributed by atoms with E-state index in [4.69, 9.17) is 11.6 Å². The van der Waals surface area contributed by atoms with Crippen LogP contribution in [-0.2, 0) is 4.79 Å². The zero-order chi connectivity index (χ0) is 12.6. The van der Waals surface area contributed by atoms with Crippen molar-refractivity contribution in [1.29, 1.82) is 0 Å². The Balaban J connectivity index is 2.31. The van der Waals surface area contributed by atoms with Gasteiger partial charge in [0.15, 0.2) is 0 Å². The Morgan fingerprint density at radius 3 is 2.59 bits per heavy atom. The van der Waals surface area contributed by atoms with Crippen molar-refractivity contribution in [2.45, 2.75) is 6.92 Å². The van der Waals surface area contributed by atoms with E-state index < -0.39 is 0 Å². The SMILES string of the molecule is Cc1cccc(N2CC(N(C)C)=C(Cl)C2=O)c1. The molecule has 1 aliphatic rings. The predicted octanol–water partition coefficient (Wildman–Crippen LogP) is 2.35. The summed E-state index contributed by atoms with van der Waals surface area (Å²) in [5, 5.41) is 0.316. The van der Waals surface area contributed by atoms with Crippen molar-refractivity contribution in [2.24, 2.45) is 0 Å². The van der Waals surface area contributed by atoms with Gasteiger partial charge in [0.05, 0.1) is 12.2 Å². The van der Waals surface area contributed by atoms with Crippen LogP contribution in [0.5, 0.6) is 0 Å². The molecule has 1 aromatic rings. The number of amides is 1. The average molecular weight is 251 g/mol. The first kappa shape index (κ1) is 12.0. The Hall–Kier alpha value is -1.48. The highest BCUT2D eigenvalue weighted by molar-refractivity contribution is 6.45. The molecule has 0 saturated heterocycles. The second-order valence-corrected chi connectivity index (χ2v) is 4.76. The van der Waals surface area contributed by atoms with Crippen LogP contribution in [0.15, 0.2) is 35.0 Å². The lowest BCUT2D eigenvalue weighted by Crippen LogP contribution is -2.27. The molecule has 0 spiro atoms. The third-order valence-corrected chi connectivity index (χ3v) is 3.23. The molecule has 2 rings (SSSR count). The summed E-state index contributed by atoms with van der Waals surface area (Å²) < 4.78 is 0. The maximum Gasteiger partial charge on any atom is 0.271 e. The number of carbonyl (C=O) groups is 1. The van der Waals surface area contributed by atoms with Crippen LogP contribution >= 0.6 is 11.6 Å². The summed E-state index contributed by atoms with van der Waals surface area (Å²) in [5.74, 6) is -0.124. The van der Waals surface area contributed by atoms with Crippen molar-refractivity contribution in [3.05, 3.63) is 40.6 Å². The van der Waals surface area contributed by atoms with Crippen LogP contribution in [0.25, 0.3) is 0 Å². The van der Waals surface area contributed by atoms with Crippen LogP contribution in [0.3, 0.4) is 0 Å². The van der Waals surface area contributed by atoms with Gasteiger partial charge < -0.3 is 9.80 Å². The number of aryl methyl sites for hydroxylation is 1. The lowest BCUT2D eigenvalue weighted by molar-refractivity contribution is -0.114. The Morgan fingerprint density at radius 2 is 2.06 bits per heavy atom. The van der Waals surface area contributed by atoms with Crippen LogP contribution in [0.4, 0.5) is 5.69 Å². The Labute approximate surface area is 106 Å². The summed E-state index contributed by atoms with van der Waals surface area (Å²) in [4.78, 5) is 15.6. The van der Waals surface area contributed by atoms with Crippen molar-refractivity contribution in [2.75, 3.05) is 25.5 Å². The lowest BCUT2D eigenvalue weighted by Gasteiger charge is -2.19. The fourth-order valence-electron chi connectivity index (χ4n) is 1.88. The Bertz CT molecular complexity index is 494. The van der Waals surface area contributed by atoms with Gasteiger partial charge in [-0.25, -0.2) is 0 Å². The first-order chi connectivity index (χ1) is 8.00. The monoisotopic (exact) mass is 250 g/mol. The van der Waals surface area contributed by atoms with Gasteiger partial charge in [0.2, 0.25) is 0 Å². The average Bonchev–Trinajstić information content (AvgIpc) is 2.56. The van der Waals surface area contributed by atoms with E-state index in [0.717, 1.165) is 16.9 Å². The minimum atomic E-state index is -0.124. The molecule has 0 unspecified atom stereocenters. The van der Waals surface area contributed by atoms with Crippen molar-refractivity contribution in [3.63, 3.8) is 0 Å². The molecule has 1 aliphatic heterocycles. The summed E-state index contributed by atoms with van der Waals surface area (Å²) in [7, 11) is 3.79. The molecule has 4 heteroatoms. The Kier molecular flexibility index (Phi) is 3.11. The number of carbonyl (C=O) groups excluding carboxylic acids is 1.